The number of nitrogens with zero attached hydrogens (tertiary/aromatic N) is 1. The number of amides is 1. The van der Waals surface area contributed by atoms with Crippen LogP contribution in [-0.4, -0.2) is 23.9 Å². The molecule has 0 saturated carbocycles. The van der Waals surface area contributed by atoms with Crippen molar-refractivity contribution in [3.8, 4) is 0 Å². The van der Waals surface area contributed by atoms with Gasteiger partial charge in [-0.1, -0.05) is 35.3 Å². The molecule has 0 bridgehead atoms. The number of hydrogen-bond acceptors (Lipinski definition) is 3. The molecule has 1 aliphatic heterocycles. The van der Waals surface area contributed by atoms with E-state index in [4.69, 9.17) is 5.73 Å². The quantitative estimate of drug-likeness (QED) is 0.883. The SMILES string of the molecule is CCC1CCN(C(=O)c2sc3cccc(Br)c3c2N)C1. The molecule has 0 spiro atoms. The van der Waals surface area contributed by atoms with E-state index in [1.54, 1.807) is 0 Å². The lowest BCUT2D eigenvalue weighted by Crippen LogP contribution is -2.28. The minimum atomic E-state index is 0.0894. The van der Waals surface area contributed by atoms with Gasteiger partial charge >= 0.3 is 0 Å². The number of halogens is 1. The molecular weight excluding hydrogens is 336 g/mol. The van der Waals surface area contributed by atoms with Crippen LogP contribution >= 0.6 is 27.3 Å². The molecule has 5 heteroatoms. The molecule has 1 aliphatic rings. The van der Waals surface area contributed by atoms with Gasteiger partial charge in [-0.25, -0.2) is 0 Å². The smallest absolute Gasteiger partial charge is 0.266 e. The van der Waals surface area contributed by atoms with E-state index in [0.29, 0.717) is 16.5 Å². The molecule has 1 atom stereocenters. The molecule has 3 rings (SSSR count). The van der Waals surface area contributed by atoms with Gasteiger partial charge in [-0.3, -0.25) is 4.79 Å². The van der Waals surface area contributed by atoms with Crippen LogP contribution in [0, 0.1) is 5.92 Å². The van der Waals surface area contributed by atoms with Crippen LogP contribution in [0.3, 0.4) is 0 Å². The fourth-order valence-electron chi connectivity index (χ4n) is 2.78. The van der Waals surface area contributed by atoms with E-state index in [0.717, 1.165) is 40.5 Å². The molecule has 3 nitrogen and oxygen atoms in total. The summed E-state index contributed by atoms with van der Waals surface area (Å²) in [6.45, 7) is 3.90. The van der Waals surface area contributed by atoms with Crippen molar-refractivity contribution in [1.82, 2.24) is 4.90 Å². The van der Waals surface area contributed by atoms with Crippen LogP contribution < -0.4 is 5.73 Å². The zero-order chi connectivity index (χ0) is 14.3. The van der Waals surface area contributed by atoms with E-state index in [2.05, 4.69) is 22.9 Å². The first-order valence-electron chi connectivity index (χ1n) is 6.87. The van der Waals surface area contributed by atoms with Crippen LogP contribution in [0.4, 0.5) is 5.69 Å². The Balaban J connectivity index is 1.96. The predicted molar refractivity (Wildman–Crippen MR) is 88.2 cm³/mol. The van der Waals surface area contributed by atoms with Gasteiger partial charge < -0.3 is 10.6 Å². The molecule has 2 N–H and O–H groups in total. The van der Waals surface area contributed by atoms with Crippen LogP contribution in [-0.2, 0) is 0 Å². The van der Waals surface area contributed by atoms with Crippen LogP contribution in [0.1, 0.15) is 29.4 Å². The van der Waals surface area contributed by atoms with Crippen LogP contribution in [0.5, 0.6) is 0 Å². The Bertz CT molecular complexity index is 667. The van der Waals surface area contributed by atoms with E-state index in [1.807, 2.05) is 23.1 Å². The fourth-order valence-corrected chi connectivity index (χ4v) is 4.61. The van der Waals surface area contributed by atoms with Gasteiger partial charge in [0, 0.05) is 27.6 Å². The largest absolute Gasteiger partial charge is 0.397 e. The monoisotopic (exact) mass is 352 g/mol. The van der Waals surface area contributed by atoms with E-state index in [-0.39, 0.29) is 5.91 Å². The highest BCUT2D eigenvalue weighted by Gasteiger charge is 2.28. The zero-order valence-electron chi connectivity index (χ0n) is 11.4. The lowest BCUT2D eigenvalue weighted by Gasteiger charge is -2.15. The Morgan fingerprint density at radius 2 is 2.35 bits per heavy atom. The van der Waals surface area contributed by atoms with E-state index in [1.165, 1.54) is 11.3 Å². The maximum atomic E-state index is 12.7. The van der Waals surface area contributed by atoms with Gasteiger partial charge in [-0.2, -0.15) is 0 Å². The van der Waals surface area contributed by atoms with Crippen LogP contribution in [0.2, 0.25) is 0 Å². The van der Waals surface area contributed by atoms with Crippen LogP contribution in [0.25, 0.3) is 10.1 Å². The third-order valence-corrected chi connectivity index (χ3v) is 5.87. The summed E-state index contributed by atoms with van der Waals surface area (Å²) in [5.74, 6) is 0.729. The number of fused-ring (bicyclic) bond motifs is 1. The van der Waals surface area contributed by atoms with Crippen molar-refractivity contribution in [2.24, 2.45) is 5.92 Å². The lowest BCUT2D eigenvalue weighted by atomic mass is 10.1. The third-order valence-electron chi connectivity index (χ3n) is 4.05. The minimum absolute atomic E-state index is 0.0894. The molecule has 2 aromatic rings. The summed E-state index contributed by atoms with van der Waals surface area (Å²) in [7, 11) is 0. The Kier molecular flexibility index (Phi) is 3.73. The molecule has 1 aromatic heterocycles. The van der Waals surface area contributed by atoms with Crippen LogP contribution in [0.15, 0.2) is 22.7 Å². The number of hydrogen-bond donors (Lipinski definition) is 1. The van der Waals surface area contributed by atoms with Gasteiger partial charge in [-0.05, 0) is 24.5 Å². The molecule has 0 radical (unpaired) electrons. The van der Waals surface area contributed by atoms with E-state index < -0.39 is 0 Å². The third kappa shape index (κ3) is 2.23. The number of benzene rings is 1. The van der Waals surface area contributed by atoms with Crippen molar-refractivity contribution in [2.45, 2.75) is 19.8 Å². The second-order valence-corrected chi connectivity index (χ2v) is 7.18. The summed E-state index contributed by atoms with van der Waals surface area (Å²) in [4.78, 5) is 15.3. The molecule has 1 aromatic carbocycles. The molecule has 20 heavy (non-hydrogen) atoms. The highest BCUT2D eigenvalue weighted by atomic mass is 79.9. The van der Waals surface area contributed by atoms with Crippen molar-refractivity contribution in [2.75, 3.05) is 18.8 Å². The molecule has 106 valence electrons. The van der Waals surface area contributed by atoms with Crippen molar-refractivity contribution in [3.63, 3.8) is 0 Å². The summed E-state index contributed by atoms with van der Waals surface area (Å²) < 4.78 is 2.02. The highest BCUT2D eigenvalue weighted by Crippen LogP contribution is 2.39. The van der Waals surface area contributed by atoms with Gasteiger partial charge in [-0.15, -0.1) is 11.3 Å². The number of carbonyl (C=O) groups is 1. The molecule has 1 unspecified atom stereocenters. The second kappa shape index (κ2) is 5.37. The standard InChI is InChI=1S/C15H17BrN2OS/c1-2-9-6-7-18(8-9)15(19)14-13(17)12-10(16)4-3-5-11(12)20-14/h3-5,9H,2,6-8,17H2,1H3. The summed E-state index contributed by atoms with van der Waals surface area (Å²) in [6.07, 6.45) is 2.24. The predicted octanol–water partition coefficient (Wildman–Crippen LogP) is 4.12. The molecule has 2 heterocycles. The number of carbonyl (C=O) groups excluding carboxylic acids is 1. The van der Waals surface area contributed by atoms with E-state index >= 15 is 0 Å². The van der Waals surface area contributed by atoms with Gasteiger partial charge in [0.2, 0.25) is 0 Å². The minimum Gasteiger partial charge on any atom is -0.397 e. The Morgan fingerprint density at radius 1 is 1.55 bits per heavy atom. The molecule has 1 saturated heterocycles. The Morgan fingerprint density at radius 3 is 3.00 bits per heavy atom. The number of thiophene rings is 1. The van der Waals surface area contributed by atoms with Crippen molar-refractivity contribution in [3.05, 3.63) is 27.5 Å². The summed E-state index contributed by atoms with van der Waals surface area (Å²) in [5, 5.41) is 0.965. The van der Waals surface area contributed by atoms with Crippen molar-refractivity contribution in [1.29, 1.82) is 0 Å². The van der Waals surface area contributed by atoms with E-state index in [9.17, 15) is 4.79 Å². The lowest BCUT2D eigenvalue weighted by molar-refractivity contribution is 0.0792. The summed E-state index contributed by atoms with van der Waals surface area (Å²) in [5.41, 5.74) is 6.82. The molecule has 1 fully saturated rings. The van der Waals surface area contributed by atoms with Gasteiger partial charge in [0.25, 0.3) is 5.91 Å². The normalized spacial score (nSPS) is 18.9. The van der Waals surface area contributed by atoms with Gasteiger partial charge in [0.15, 0.2) is 0 Å². The first-order chi connectivity index (χ1) is 9.61. The number of rotatable bonds is 2. The molecular formula is C15H17BrN2OS. The fraction of sp³-hybridized carbons (Fsp3) is 0.400. The second-order valence-electron chi connectivity index (χ2n) is 5.27. The number of nitrogen functional groups attached to an aromatic ring is 1. The molecule has 0 aliphatic carbocycles. The number of likely N-dealkylation sites (tertiary alicyclic amines) is 1. The average molecular weight is 353 g/mol. The van der Waals surface area contributed by atoms with Gasteiger partial charge in [0.05, 0.1) is 5.69 Å². The average Bonchev–Trinajstić information content (AvgIpc) is 3.04. The van der Waals surface area contributed by atoms with Crippen molar-refractivity contribution < 1.29 is 4.79 Å². The topological polar surface area (TPSA) is 46.3 Å². The van der Waals surface area contributed by atoms with Crippen molar-refractivity contribution >= 4 is 48.9 Å². The maximum Gasteiger partial charge on any atom is 0.266 e. The first kappa shape index (κ1) is 13.9. The summed E-state index contributed by atoms with van der Waals surface area (Å²) >= 11 is 5.01. The number of nitrogens with two attached hydrogens (primary N) is 1. The maximum absolute atomic E-state index is 12.7. The zero-order valence-corrected chi connectivity index (χ0v) is 13.8. The highest BCUT2D eigenvalue weighted by molar-refractivity contribution is 9.10. The number of anilines is 1. The Hall–Kier alpha value is -1.07. The first-order valence-corrected chi connectivity index (χ1v) is 8.48. The van der Waals surface area contributed by atoms with Gasteiger partial charge in [0.1, 0.15) is 4.88 Å². The molecule has 1 amide bonds. The summed E-state index contributed by atoms with van der Waals surface area (Å²) in [6, 6.07) is 5.94. The Labute approximate surface area is 130 Å².